The number of carboxylic acids is 2. The van der Waals surface area contributed by atoms with Crippen LogP contribution in [0.5, 0.6) is 0 Å². The predicted molar refractivity (Wildman–Crippen MR) is 74.2 cm³/mol. The Morgan fingerprint density at radius 3 is 2.27 bits per heavy atom. The van der Waals surface area contributed by atoms with Crippen molar-refractivity contribution in [3.63, 3.8) is 0 Å². The third-order valence-electron chi connectivity index (χ3n) is 3.10. The van der Waals surface area contributed by atoms with E-state index in [9.17, 15) is 19.8 Å². The van der Waals surface area contributed by atoms with Gasteiger partial charge in [-0.2, -0.15) is 5.10 Å². The number of rotatable bonds is 6. The quantitative estimate of drug-likeness (QED) is 0.527. The second-order valence-electron chi connectivity index (χ2n) is 4.70. The van der Waals surface area contributed by atoms with Gasteiger partial charge in [-0.15, -0.1) is 0 Å². The molecule has 0 bridgehead atoms. The summed E-state index contributed by atoms with van der Waals surface area (Å²) in [6, 6.07) is 7.58. The molecule has 8 heteroatoms. The van der Waals surface area contributed by atoms with Crippen LogP contribution >= 0.6 is 0 Å². The van der Waals surface area contributed by atoms with Gasteiger partial charge in [0.25, 0.3) is 0 Å². The van der Waals surface area contributed by atoms with Gasteiger partial charge >= 0.3 is 11.9 Å². The molecule has 0 aliphatic carbocycles. The fourth-order valence-electron chi connectivity index (χ4n) is 1.94. The van der Waals surface area contributed by atoms with Crippen LogP contribution in [0.2, 0.25) is 0 Å². The SMILES string of the molecule is O=C(O)CC(O)C(O)c1ccc(-c2cc(C(=O)O)[nH]n2)cc1. The van der Waals surface area contributed by atoms with Crippen molar-refractivity contribution in [2.75, 3.05) is 0 Å². The summed E-state index contributed by atoms with van der Waals surface area (Å²) in [4.78, 5) is 21.3. The third-order valence-corrected chi connectivity index (χ3v) is 3.10. The fraction of sp³-hybridized carbons (Fsp3) is 0.214. The van der Waals surface area contributed by atoms with Gasteiger partial charge < -0.3 is 20.4 Å². The number of benzene rings is 1. The zero-order chi connectivity index (χ0) is 16.3. The first-order valence-electron chi connectivity index (χ1n) is 6.35. The average molecular weight is 306 g/mol. The smallest absolute Gasteiger partial charge is 0.353 e. The summed E-state index contributed by atoms with van der Waals surface area (Å²) >= 11 is 0. The highest BCUT2D eigenvalue weighted by Crippen LogP contribution is 2.23. The molecule has 1 aromatic heterocycles. The molecule has 0 spiro atoms. The number of aliphatic hydroxyl groups excluding tert-OH is 2. The van der Waals surface area contributed by atoms with E-state index in [0.29, 0.717) is 16.8 Å². The lowest BCUT2D eigenvalue weighted by Crippen LogP contribution is -2.21. The molecule has 1 aromatic carbocycles. The highest BCUT2D eigenvalue weighted by molar-refractivity contribution is 5.86. The molecule has 2 aromatic rings. The van der Waals surface area contributed by atoms with Crippen molar-refractivity contribution in [3.8, 4) is 11.3 Å². The van der Waals surface area contributed by atoms with E-state index >= 15 is 0 Å². The van der Waals surface area contributed by atoms with E-state index in [1.165, 1.54) is 18.2 Å². The summed E-state index contributed by atoms with van der Waals surface area (Å²) < 4.78 is 0. The van der Waals surface area contributed by atoms with Gasteiger partial charge in [0.2, 0.25) is 0 Å². The Hall–Kier alpha value is -2.71. The number of carboxylic acid groups (broad SMARTS) is 2. The Morgan fingerprint density at radius 2 is 1.77 bits per heavy atom. The lowest BCUT2D eigenvalue weighted by molar-refractivity contribution is -0.141. The van der Waals surface area contributed by atoms with Crippen LogP contribution in [0.3, 0.4) is 0 Å². The van der Waals surface area contributed by atoms with Gasteiger partial charge in [0, 0.05) is 5.56 Å². The Bertz CT molecular complexity index is 679. The maximum absolute atomic E-state index is 10.8. The summed E-state index contributed by atoms with van der Waals surface area (Å²) in [7, 11) is 0. The van der Waals surface area contributed by atoms with Gasteiger partial charge in [0.05, 0.1) is 18.2 Å². The second-order valence-corrected chi connectivity index (χ2v) is 4.70. The summed E-state index contributed by atoms with van der Waals surface area (Å²) in [6.45, 7) is 0. The van der Waals surface area contributed by atoms with E-state index < -0.39 is 30.6 Å². The Morgan fingerprint density at radius 1 is 1.14 bits per heavy atom. The van der Waals surface area contributed by atoms with Crippen LogP contribution in [0.15, 0.2) is 30.3 Å². The largest absolute Gasteiger partial charge is 0.481 e. The molecule has 1 heterocycles. The van der Waals surface area contributed by atoms with Crippen LogP contribution in [0.4, 0.5) is 0 Å². The first kappa shape index (κ1) is 15.7. The van der Waals surface area contributed by atoms with Crippen molar-refractivity contribution in [2.45, 2.75) is 18.6 Å². The first-order valence-corrected chi connectivity index (χ1v) is 6.35. The molecule has 0 fully saturated rings. The molecule has 0 saturated heterocycles. The Balaban J connectivity index is 2.15. The minimum atomic E-state index is -1.41. The Kier molecular flexibility index (Phi) is 4.54. The van der Waals surface area contributed by atoms with Gasteiger partial charge in [-0.25, -0.2) is 4.79 Å². The molecule has 2 rings (SSSR count). The number of nitrogens with zero attached hydrogens (tertiary/aromatic N) is 1. The zero-order valence-electron chi connectivity index (χ0n) is 11.3. The van der Waals surface area contributed by atoms with Crippen molar-refractivity contribution in [3.05, 3.63) is 41.6 Å². The Labute approximate surface area is 124 Å². The number of aliphatic carboxylic acids is 1. The highest BCUT2D eigenvalue weighted by atomic mass is 16.4. The number of hydrogen-bond donors (Lipinski definition) is 5. The lowest BCUT2D eigenvalue weighted by Gasteiger charge is -2.16. The van der Waals surface area contributed by atoms with E-state index in [-0.39, 0.29) is 5.69 Å². The monoisotopic (exact) mass is 306 g/mol. The van der Waals surface area contributed by atoms with Gasteiger partial charge in [-0.05, 0) is 11.6 Å². The third kappa shape index (κ3) is 3.48. The van der Waals surface area contributed by atoms with Gasteiger partial charge in [-0.1, -0.05) is 24.3 Å². The molecule has 8 nitrogen and oxygen atoms in total. The van der Waals surface area contributed by atoms with Crippen molar-refractivity contribution in [1.82, 2.24) is 10.2 Å². The van der Waals surface area contributed by atoms with Gasteiger partial charge in [-0.3, -0.25) is 9.89 Å². The van der Waals surface area contributed by atoms with Crippen molar-refractivity contribution < 1.29 is 30.0 Å². The van der Waals surface area contributed by atoms with Crippen LogP contribution in [0, 0.1) is 0 Å². The van der Waals surface area contributed by atoms with Crippen LogP contribution in [-0.4, -0.2) is 48.7 Å². The average Bonchev–Trinajstić information content (AvgIpc) is 2.96. The normalized spacial score (nSPS) is 13.5. The molecule has 116 valence electrons. The number of hydrogen-bond acceptors (Lipinski definition) is 5. The number of H-pyrrole nitrogens is 1. The summed E-state index contributed by atoms with van der Waals surface area (Å²) in [6.07, 6.45) is -3.30. The molecule has 0 aliphatic rings. The van der Waals surface area contributed by atoms with Crippen LogP contribution in [0.25, 0.3) is 11.3 Å². The molecule has 0 radical (unpaired) electrons. The summed E-state index contributed by atoms with van der Waals surface area (Å²) in [5, 5.41) is 43.1. The van der Waals surface area contributed by atoms with E-state index in [1.54, 1.807) is 12.1 Å². The number of aromatic carboxylic acids is 1. The molecule has 5 N–H and O–H groups in total. The van der Waals surface area contributed by atoms with E-state index in [4.69, 9.17) is 10.2 Å². The molecule has 2 unspecified atom stereocenters. The van der Waals surface area contributed by atoms with E-state index in [1.807, 2.05) is 0 Å². The summed E-state index contributed by atoms with van der Waals surface area (Å²) in [5.41, 5.74) is 1.35. The number of aliphatic hydroxyl groups is 2. The fourth-order valence-corrected chi connectivity index (χ4v) is 1.94. The van der Waals surface area contributed by atoms with Crippen molar-refractivity contribution in [1.29, 1.82) is 0 Å². The van der Waals surface area contributed by atoms with Crippen LogP contribution in [0.1, 0.15) is 28.6 Å². The van der Waals surface area contributed by atoms with E-state index in [2.05, 4.69) is 10.2 Å². The lowest BCUT2D eigenvalue weighted by atomic mass is 10.00. The molecule has 0 saturated carbocycles. The van der Waals surface area contributed by atoms with Crippen LogP contribution in [-0.2, 0) is 4.79 Å². The van der Waals surface area contributed by atoms with Crippen LogP contribution < -0.4 is 0 Å². The number of aromatic nitrogens is 2. The number of aromatic amines is 1. The van der Waals surface area contributed by atoms with E-state index in [0.717, 1.165) is 0 Å². The van der Waals surface area contributed by atoms with Crippen molar-refractivity contribution in [2.24, 2.45) is 0 Å². The maximum atomic E-state index is 10.8. The first-order chi connectivity index (χ1) is 10.4. The van der Waals surface area contributed by atoms with Crippen molar-refractivity contribution >= 4 is 11.9 Å². The molecular formula is C14H14N2O6. The zero-order valence-corrected chi connectivity index (χ0v) is 11.3. The maximum Gasteiger partial charge on any atom is 0.353 e. The topological polar surface area (TPSA) is 144 Å². The van der Waals surface area contributed by atoms with Gasteiger partial charge in [0.15, 0.2) is 0 Å². The van der Waals surface area contributed by atoms with Gasteiger partial charge in [0.1, 0.15) is 11.8 Å². The predicted octanol–water partition coefficient (Wildman–Crippen LogP) is 0.644. The number of nitrogens with one attached hydrogen (secondary N) is 1. The summed E-state index contributed by atoms with van der Waals surface area (Å²) in [5.74, 6) is -2.33. The minimum Gasteiger partial charge on any atom is -0.481 e. The standard InChI is InChI=1S/C14H14N2O6/c17-11(6-12(18)19)13(20)8-3-1-7(2-4-8)9-5-10(14(21)22)16-15-9/h1-5,11,13,17,20H,6H2,(H,15,16)(H,18,19)(H,21,22). The molecule has 0 amide bonds. The minimum absolute atomic E-state index is 0.0454. The highest BCUT2D eigenvalue weighted by Gasteiger charge is 2.21. The molecule has 22 heavy (non-hydrogen) atoms. The second kappa shape index (κ2) is 6.37. The molecule has 0 aliphatic heterocycles. The molecular weight excluding hydrogens is 292 g/mol. The molecule has 2 atom stereocenters. The number of carbonyl (C=O) groups is 2.